The lowest BCUT2D eigenvalue weighted by molar-refractivity contribution is -0.0204. The van der Waals surface area contributed by atoms with E-state index in [4.69, 9.17) is 9.47 Å². The van der Waals surface area contributed by atoms with Crippen LogP contribution >= 0.6 is 0 Å². The summed E-state index contributed by atoms with van der Waals surface area (Å²) in [5.41, 5.74) is 2.41. The van der Waals surface area contributed by atoms with Gasteiger partial charge in [-0.05, 0) is 67.5 Å². The van der Waals surface area contributed by atoms with E-state index in [1.54, 1.807) is 24.3 Å². The summed E-state index contributed by atoms with van der Waals surface area (Å²) < 4.78 is 24.8. The molecule has 1 aliphatic rings. The summed E-state index contributed by atoms with van der Waals surface area (Å²) in [5, 5.41) is 0. The van der Waals surface area contributed by atoms with E-state index in [9.17, 15) is 9.18 Å². The van der Waals surface area contributed by atoms with E-state index in [0.717, 1.165) is 49.8 Å². The highest BCUT2D eigenvalue weighted by Crippen LogP contribution is 2.25. The molecule has 3 rings (SSSR count). The van der Waals surface area contributed by atoms with Gasteiger partial charge in [-0.2, -0.15) is 0 Å². The first-order valence-electron chi connectivity index (χ1n) is 11.3. The Morgan fingerprint density at radius 3 is 2.03 bits per heavy atom. The molecule has 4 heteroatoms. The number of rotatable bonds is 10. The minimum absolute atomic E-state index is 0.0290. The number of hydrogen-bond donors (Lipinski definition) is 0. The molecule has 1 aliphatic carbocycles. The van der Waals surface area contributed by atoms with Gasteiger partial charge in [0.25, 0.3) is 0 Å². The van der Waals surface area contributed by atoms with Gasteiger partial charge in [-0.3, -0.25) is 0 Å². The van der Waals surface area contributed by atoms with Crippen LogP contribution in [0.3, 0.4) is 0 Å². The van der Waals surface area contributed by atoms with Crippen LogP contribution in [0.5, 0.6) is 0 Å². The van der Waals surface area contributed by atoms with Gasteiger partial charge in [0.1, 0.15) is 11.9 Å². The molecule has 0 amide bonds. The second-order valence-electron chi connectivity index (χ2n) is 8.17. The molecule has 0 aromatic heterocycles. The Labute approximate surface area is 179 Å². The average molecular weight is 413 g/mol. The quantitative estimate of drug-likeness (QED) is 0.313. The lowest BCUT2D eigenvalue weighted by Gasteiger charge is -2.28. The van der Waals surface area contributed by atoms with Crippen LogP contribution in [0, 0.1) is 5.82 Å². The van der Waals surface area contributed by atoms with Crippen molar-refractivity contribution < 1.29 is 18.7 Å². The molecule has 0 N–H and O–H groups in total. The zero-order valence-corrected chi connectivity index (χ0v) is 17.9. The highest BCUT2D eigenvalue weighted by molar-refractivity contribution is 5.90. The Balaban J connectivity index is 1.39. The van der Waals surface area contributed by atoms with Crippen LogP contribution in [-0.2, 0) is 9.47 Å². The molecule has 1 saturated carbocycles. The first-order chi connectivity index (χ1) is 14.7. The van der Waals surface area contributed by atoms with Crippen molar-refractivity contribution >= 4 is 5.97 Å². The van der Waals surface area contributed by atoms with Gasteiger partial charge in [-0.1, -0.05) is 56.9 Å². The number of carbonyl (C=O) groups is 1. The minimum atomic E-state index is -0.277. The summed E-state index contributed by atoms with van der Waals surface area (Å²) in [4.78, 5) is 12.5. The van der Waals surface area contributed by atoms with Crippen LogP contribution in [0.1, 0.15) is 75.1 Å². The van der Waals surface area contributed by atoms with Crippen molar-refractivity contribution in [3.8, 4) is 11.1 Å². The number of carbonyl (C=O) groups excluding carboxylic acids is 1. The Hall–Kier alpha value is -2.20. The fourth-order valence-corrected chi connectivity index (χ4v) is 3.93. The maximum Gasteiger partial charge on any atom is 0.338 e. The first-order valence-corrected chi connectivity index (χ1v) is 11.3. The molecule has 162 valence electrons. The summed E-state index contributed by atoms with van der Waals surface area (Å²) in [6, 6.07) is 13.6. The molecule has 0 atom stereocenters. The highest BCUT2D eigenvalue weighted by Gasteiger charge is 2.24. The van der Waals surface area contributed by atoms with Gasteiger partial charge in [-0.15, -0.1) is 0 Å². The van der Waals surface area contributed by atoms with Crippen molar-refractivity contribution in [1.82, 2.24) is 0 Å². The number of esters is 1. The zero-order chi connectivity index (χ0) is 21.2. The molecule has 0 unspecified atom stereocenters. The number of benzene rings is 2. The summed E-state index contributed by atoms with van der Waals surface area (Å²) in [5.74, 6) is -0.535. The Bertz CT molecular complexity index is 762. The van der Waals surface area contributed by atoms with Gasteiger partial charge in [-0.25, -0.2) is 9.18 Å². The van der Waals surface area contributed by atoms with Crippen molar-refractivity contribution in [1.29, 1.82) is 0 Å². The normalized spacial score (nSPS) is 18.9. The third kappa shape index (κ3) is 6.94. The van der Waals surface area contributed by atoms with E-state index in [0.29, 0.717) is 11.7 Å². The molecule has 1 fully saturated rings. The first kappa shape index (κ1) is 22.5. The van der Waals surface area contributed by atoms with Crippen molar-refractivity contribution in [3.63, 3.8) is 0 Å². The molecule has 2 aromatic rings. The van der Waals surface area contributed by atoms with Crippen LogP contribution in [0.15, 0.2) is 48.5 Å². The number of ether oxygens (including phenoxy) is 2. The van der Waals surface area contributed by atoms with Gasteiger partial charge >= 0.3 is 5.97 Å². The molecular formula is C26H33FO3. The van der Waals surface area contributed by atoms with E-state index in [1.165, 1.54) is 37.8 Å². The molecule has 0 radical (unpaired) electrons. The molecule has 30 heavy (non-hydrogen) atoms. The summed E-state index contributed by atoms with van der Waals surface area (Å²) >= 11 is 0. The van der Waals surface area contributed by atoms with Crippen LogP contribution < -0.4 is 0 Å². The number of halogens is 1. The Morgan fingerprint density at radius 2 is 1.40 bits per heavy atom. The van der Waals surface area contributed by atoms with E-state index in [2.05, 4.69) is 6.92 Å². The van der Waals surface area contributed by atoms with Crippen molar-refractivity contribution in [2.75, 3.05) is 6.61 Å². The maximum absolute atomic E-state index is 13.1. The molecule has 0 saturated heterocycles. The second kappa shape index (κ2) is 11.8. The predicted octanol–water partition coefficient (Wildman–Crippen LogP) is 6.95. The SMILES string of the molecule is CCCCCCCOC1CCC(OC(=O)c2ccc(-c3ccc(F)cc3)cc2)CC1. The molecule has 2 aromatic carbocycles. The molecule has 0 aliphatic heterocycles. The van der Waals surface area contributed by atoms with Crippen molar-refractivity contribution in [2.24, 2.45) is 0 Å². The Kier molecular flexibility index (Phi) is 8.88. The number of unbranched alkanes of at least 4 members (excludes halogenated alkanes) is 4. The summed E-state index contributed by atoms with van der Waals surface area (Å²) in [7, 11) is 0. The average Bonchev–Trinajstić information content (AvgIpc) is 2.78. The van der Waals surface area contributed by atoms with Crippen LogP contribution in [0.25, 0.3) is 11.1 Å². The summed E-state index contributed by atoms with van der Waals surface area (Å²) in [6.07, 6.45) is 10.2. The number of hydrogen-bond acceptors (Lipinski definition) is 3. The third-order valence-electron chi connectivity index (χ3n) is 5.79. The largest absolute Gasteiger partial charge is 0.459 e. The van der Waals surface area contributed by atoms with Crippen LogP contribution in [0.4, 0.5) is 4.39 Å². The second-order valence-corrected chi connectivity index (χ2v) is 8.17. The lowest BCUT2D eigenvalue weighted by Crippen LogP contribution is -2.28. The Morgan fingerprint density at radius 1 is 0.833 bits per heavy atom. The van der Waals surface area contributed by atoms with Crippen molar-refractivity contribution in [3.05, 3.63) is 59.9 Å². The lowest BCUT2D eigenvalue weighted by atomic mass is 9.95. The third-order valence-corrected chi connectivity index (χ3v) is 5.79. The molecular weight excluding hydrogens is 379 g/mol. The van der Waals surface area contributed by atoms with Gasteiger partial charge in [0.05, 0.1) is 11.7 Å². The zero-order valence-electron chi connectivity index (χ0n) is 17.9. The fourth-order valence-electron chi connectivity index (χ4n) is 3.93. The van der Waals surface area contributed by atoms with Gasteiger partial charge in [0.2, 0.25) is 0 Å². The highest BCUT2D eigenvalue weighted by atomic mass is 19.1. The standard InChI is InChI=1S/C26H33FO3/c1-2-3-4-5-6-19-29-24-15-17-25(18-16-24)30-26(28)22-9-7-20(8-10-22)21-11-13-23(27)14-12-21/h7-14,24-25H,2-6,15-19H2,1H3. The molecule has 0 heterocycles. The minimum Gasteiger partial charge on any atom is -0.459 e. The topological polar surface area (TPSA) is 35.5 Å². The molecule has 0 spiro atoms. The van der Waals surface area contributed by atoms with E-state index >= 15 is 0 Å². The van der Waals surface area contributed by atoms with E-state index in [1.807, 2.05) is 12.1 Å². The van der Waals surface area contributed by atoms with Gasteiger partial charge in [0.15, 0.2) is 0 Å². The smallest absolute Gasteiger partial charge is 0.338 e. The fraction of sp³-hybridized carbons (Fsp3) is 0.500. The molecule has 0 bridgehead atoms. The van der Waals surface area contributed by atoms with Crippen LogP contribution in [-0.4, -0.2) is 24.8 Å². The maximum atomic E-state index is 13.1. The summed E-state index contributed by atoms with van der Waals surface area (Å²) in [6.45, 7) is 3.07. The molecule has 3 nitrogen and oxygen atoms in total. The van der Waals surface area contributed by atoms with Crippen molar-refractivity contribution in [2.45, 2.75) is 76.9 Å². The van der Waals surface area contributed by atoms with Crippen LogP contribution in [0.2, 0.25) is 0 Å². The van der Waals surface area contributed by atoms with E-state index in [-0.39, 0.29) is 17.9 Å². The van der Waals surface area contributed by atoms with Gasteiger partial charge in [0, 0.05) is 6.61 Å². The monoisotopic (exact) mass is 412 g/mol. The van der Waals surface area contributed by atoms with E-state index < -0.39 is 0 Å². The van der Waals surface area contributed by atoms with Gasteiger partial charge < -0.3 is 9.47 Å². The predicted molar refractivity (Wildman–Crippen MR) is 118 cm³/mol.